The molecule has 0 aliphatic heterocycles. The van der Waals surface area contributed by atoms with E-state index in [9.17, 15) is 13.2 Å². The minimum atomic E-state index is -3.24. The molecule has 3 rings (SSSR count). The number of sulfonamides is 1. The molecule has 3 N–H and O–H groups in total. The maximum absolute atomic E-state index is 12.2. The van der Waals surface area contributed by atoms with Crippen molar-refractivity contribution < 1.29 is 13.2 Å². The van der Waals surface area contributed by atoms with Crippen LogP contribution in [0.3, 0.4) is 0 Å². The van der Waals surface area contributed by atoms with Crippen LogP contribution in [-0.4, -0.2) is 40.2 Å². The van der Waals surface area contributed by atoms with E-state index in [4.69, 9.17) is 11.6 Å². The van der Waals surface area contributed by atoms with Crippen LogP contribution in [0.1, 0.15) is 66.1 Å². The Bertz CT molecular complexity index is 1030. The third-order valence-electron chi connectivity index (χ3n) is 6.31. The van der Waals surface area contributed by atoms with Gasteiger partial charge in [0.25, 0.3) is 5.91 Å². The van der Waals surface area contributed by atoms with Crippen molar-refractivity contribution in [3.63, 3.8) is 0 Å². The van der Waals surface area contributed by atoms with Crippen molar-refractivity contribution in [2.24, 2.45) is 5.92 Å². The Morgan fingerprint density at radius 2 is 1.85 bits per heavy atom. The molecule has 1 aliphatic carbocycles. The first-order valence-corrected chi connectivity index (χ1v) is 13.8. The van der Waals surface area contributed by atoms with E-state index in [0.717, 1.165) is 24.2 Å². The van der Waals surface area contributed by atoms with Crippen LogP contribution in [0.15, 0.2) is 48.5 Å². The van der Waals surface area contributed by atoms with Gasteiger partial charge in [0.2, 0.25) is 10.0 Å². The van der Waals surface area contributed by atoms with Gasteiger partial charge in [0.05, 0.1) is 6.26 Å². The van der Waals surface area contributed by atoms with Gasteiger partial charge < -0.3 is 10.6 Å². The van der Waals surface area contributed by atoms with Crippen molar-refractivity contribution in [2.45, 2.75) is 44.6 Å². The van der Waals surface area contributed by atoms with Gasteiger partial charge in [-0.25, -0.2) is 13.1 Å². The minimum absolute atomic E-state index is 0.179. The zero-order valence-electron chi connectivity index (χ0n) is 19.3. The molecule has 180 valence electrons. The molecule has 8 heteroatoms. The zero-order chi connectivity index (χ0) is 23.8. The van der Waals surface area contributed by atoms with Crippen LogP contribution in [0.25, 0.3) is 0 Å². The minimum Gasteiger partial charge on any atom is -0.351 e. The Labute approximate surface area is 202 Å². The number of halogens is 1. The van der Waals surface area contributed by atoms with Crippen LogP contribution in [0, 0.1) is 5.92 Å². The first-order valence-electron chi connectivity index (χ1n) is 11.5. The molecule has 1 saturated carbocycles. The Hall–Kier alpha value is -1.93. The lowest BCUT2D eigenvalue weighted by molar-refractivity contribution is 0.0954. The Morgan fingerprint density at radius 1 is 1.09 bits per heavy atom. The fourth-order valence-corrected chi connectivity index (χ4v) is 5.13. The smallest absolute Gasteiger partial charge is 0.251 e. The SMILES string of the molecule is CC(NCCC1CCC(c2ccc(C(=O)NCCNS(C)(=O)=O)cc2)C1)c1cccc(Cl)c1. The fourth-order valence-electron chi connectivity index (χ4n) is 4.46. The second kappa shape index (κ2) is 12.0. The molecule has 1 amide bonds. The Morgan fingerprint density at radius 3 is 2.55 bits per heavy atom. The van der Waals surface area contributed by atoms with Crippen LogP contribution < -0.4 is 15.4 Å². The van der Waals surface area contributed by atoms with E-state index in [-0.39, 0.29) is 25.0 Å². The highest BCUT2D eigenvalue weighted by molar-refractivity contribution is 7.88. The third kappa shape index (κ3) is 8.41. The molecule has 2 aromatic carbocycles. The number of rotatable bonds is 11. The van der Waals surface area contributed by atoms with E-state index in [1.807, 2.05) is 30.3 Å². The van der Waals surface area contributed by atoms with Crippen molar-refractivity contribution in [2.75, 3.05) is 25.9 Å². The molecule has 1 fully saturated rings. The Balaban J connectivity index is 1.40. The topological polar surface area (TPSA) is 87.3 Å². The molecule has 0 bridgehead atoms. The van der Waals surface area contributed by atoms with Gasteiger partial charge in [-0.15, -0.1) is 0 Å². The van der Waals surface area contributed by atoms with Gasteiger partial charge in [-0.05, 0) is 86.4 Å². The summed E-state index contributed by atoms with van der Waals surface area (Å²) in [6.07, 6.45) is 5.84. The lowest BCUT2D eigenvalue weighted by Crippen LogP contribution is -2.34. The standard InChI is InChI=1S/C25H34ClN3O3S/c1-18(22-4-3-5-24(26)17-22)27-13-12-19-6-7-23(16-19)20-8-10-21(11-9-20)25(30)28-14-15-29-33(2,31)32/h3-5,8-11,17-19,23,27,29H,6-7,12-16H2,1-2H3,(H,28,30). The van der Waals surface area contributed by atoms with E-state index < -0.39 is 10.0 Å². The summed E-state index contributed by atoms with van der Waals surface area (Å²) in [6.45, 7) is 3.59. The molecule has 0 saturated heterocycles. The summed E-state index contributed by atoms with van der Waals surface area (Å²) in [5, 5.41) is 7.12. The number of amides is 1. The molecule has 33 heavy (non-hydrogen) atoms. The lowest BCUT2D eigenvalue weighted by Gasteiger charge is -2.17. The van der Waals surface area contributed by atoms with E-state index in [2.05, 4.69) is 40.5 Å². The number of hydrogen-bond acceptors (Lipinski definition) is 4. The number of carbonyl (C=O) groups is 1. The predicted octanol–water partition coefficient (Wildman–Crippen LogP) is 4.24. The van der Waals surface area contributed by atoms with Crippen LogP contribution in [0.4, 0.5) is 0 Å². The summed E-state index contributed by atoms with van der Waals surface area (Å²) in [5.41, 5.74) is 3.09. The molecule has 3 unspecified atom stereocenters. The average molecular weight is 492 g/mol. The number of hydrogen-bond donors (Lipinski definition) is 3. The highest BCUT2D eigenvalue weighted by Gasteiger charge is 2.25. The van der Waals surface area contributed by atoms with Gasteiger partial charge in [0.15, 0.2) is 0 Å². The summed E-state index contributed by atoms with van der Waals surface area (Å²) in [4.78, 5) is 12.2. The van der Waals surface area contributed by atoms with E-state index >= 15 is 0 Å². The summed E-state index contributed by atoms with van der Waals surface area (Å²) in [7, 11) is -3.24. The molecule has 2 aromatic rings. The van der Waals surface area contributed by atoms with Crippen molar-refractivity contribution in [1.82, 2.24) is 15.4 Å². The molecule has 0 spiro atoms. The van der Waals surface area contributed by atoms with Gasteiger partial charge >= 0.3 is 0 Å². The van der Waals surface area contributed by atoms with Crippen LogP contribution >= 0.6 is 11.6 Å². The van der Waals surface area contributed by atoms with Gasteiger partial charge in [-0.3, -0.25) is 4.79 Å². The van der Waals surface area contributed by atoms with Crippen molar-refractivity contribution in [1.29, 1.82) is 0 Å². The first-order chi connectivity index (χ1) is 15.7. The van der Waals surface area contributed by atoms with E-state index in [1.54, 1.807) is 0 Å². The average Bonchev–Trinajstić information content (AvgIpc) is 3.25. The normalized spacial score (nSPS) is 19.4. The number of benzene rings is 2. The molecule has 1 aliphatic rings. The largest absolute Gasteiger partial charge is 0.351 e. The van der Waals surface area contributed by atoms with Gasteiger partial charge in [-0.2, -0.15) is 0 Å². The zero-order valence-corrected chi connectivity index (χ0v) is 20.9. The second-order valence-electron chi connectivity index (χ2n) is 8.94. The van der Waals surface area contributed by atoms with Gasteiger partial charge in [0, 0.05) is 29.7 Å². The molecular weight excluding hydrogens is 458 g/mol. The van der Waals surface area contributed by atoms with Crippen LogP contribution in [0.5, 0.6) is 0 Å². The first kappa shape index (κ1) is 25.7. The highest BCUT2D eigenvalue weighted by atomic mass is 35.5. The maximum Gasteiger partial charge on any atom is 0.251 e. The Kier molecular flexibility index (Phi) is 9.32. The molecule has 0 radical (unpaired) electrons. The van der Waals surface area contributed by atoms with E-state index in [0.29, 0.717) is 17.4 Å². The monoisotopic (exact) mass is 491 g/mol. The van der Waals surface area contributed by atoms with Crippen molar-refractivity contribution >= 4 is 27.5 Å². The highest BCUT2D eigenvalue weighted by Crippen LogP contribution is 2.39. The summed E-state index contributed by atoms with van der Waals surface area (Å²) in [6, 6.07) is 16.1. The molecular formula is C25H34ClN3O3S. The van der Waals surface area contributed by atoms with Gasteiger partial charge in [-0.1, -0.05) is 35.9 Å². The van der Waals surface area contributed by atoms with Gasteiger partial charge in [0.1, 0.15) is 0 Å². The van der Waals surface area contributed by atoms with E-state index in [1.165, 1.54) is 30.4 Å². The number of nitrogens with one attached hydrogen (secondary N) is 3. The van der Waals surface area contributed by atoms with Crippen molar-refractivity contribution in [3.8, 4) is 0 Å². The van der Waals surface area contributed by atoms with Crippen LogP contribution in [0.2, 0.25) is 5.02 Å². The molecule has 0 aromatic heterocycles. The lowest BCUT2D eigenvalue weighted by atomic mass is 9.94. The maximum atomic E-state index is 12.2. The quantitative estimate of drug-likeness (QED) is 0.410. The summed E-state index contributed by atoms with van der Waals surface area (Å²) < 4.78 is 24.5. The molecule has 0 heterocycles. The molecule has 6 nitrogen and oxygen atoms in total. The van der Waals surface area contributed by atoms with Crippen molar-refractivity contribution in [3.05, 3.63) is 70.2 Å². The molecule has 3 atom stereocenters. The second-order valence-corrected chi connectivity index (χ2v) is 11.2. The third-order valence-corrected chi connectivity index (χ3v) is 7.28. The summed E-state index contributed by atoms with van der Waals surface area (Å²) >= 11 is 6.10. The predicted molar refractivity (Wildman–Crippen MR) is 134 cm³/mol. The fraction of sp³-hybridized carbons (Fsp3) is 0.480. The summed E-state index contributed by atoms with van der Waals surface area (Å²) in [5.74, 6) is 1.05. The number of carbonyl (C=O) groups excluding carboxylic acids is 1. The van der Waals surface area contributed by atoms with Crippen LogP contribution in [-0.2, 0) is 10.0 Å².